The molecular formula is C17H19N3. The Morgan fingerprint density at radius 3 is 1.50 bits per heavy atom. The van der Waals surface area contributed by atoms with Crippen LogP contribution in [0.15, 0.2) is 60.7 Å². The third-order valence-corrected chi connectivity index (χ3v) is 3.67. The molecule has 20 heavy (non-hydrogen) atoms. The normalized spacial score (nSPS) is 14.9. The van der Waals surface area contributed by atoms with E-state index in [2.05, 4.69) is 58.3 Å². The van der Waals surface area contributed by atoms with E-state index >= 15 is 0 Å². The lowest BCUT2D eigenvalue weighted by Gasteiger charge is -2.21. The molecule has 1 heterocycles. The largest absolute Gasteiger partial charge is 0.337 e. The molecule has 2 aromatic carbocycles. The number of nitrogens with zero attached hydrogens (tertiary/aromatic N) is 2. The van der Waals surface area contributed by atoms with Gasteiger partial charge < -0.3 is 9.80 Å². The van der Waals surface area contributed by atoms with Gasteiger partial charge in [0.25, 0.3) is 0 Å². The molecule has 3 heteroatoms. The predicted octanol–water partition coefficient (Wildman–Crippen LogP) is 2.94. The highest BCUT2D eigenvalue weighted by atomic mass is 15.4. The summed E-state index contributed by atoms with van der Waals surface area (Å²) < 4.78 is 0. The summed E-state index contributed by atoms with van der Waals surface area (Å²) in [7, 11) is 0. The van der Waals surface area contributed by atoms with Gasteiger partial charge in [0.2, 0.25) is 0 Å². The van der Waals surface area contributed by atoms with Crippen LogP contribution in [0.2, 0.25) is 0 Å². The van der Waals surface area contributed by atoms with Crippen LogP contribution >= 0.6 is 0 Å². The van der Waals surface area contributed by atoms with Gasteiger partial charge in [-0.2, -0.15) is 0 Å². The van der Waals surface area contributed by atoms with Crippen molar-refractivity contribution in [1.29, 1.82) is 5.41 Å². The van der Waals surface area contributed by atoms with E-state index in [1.165, 1.54) is 11.1 Å². The fraction of sp³-hybridized carbons (Fsp3) is 0.235. The minimum absolute atomic E-state index is 0.637. The summed E-state index contributed by atoms with van der Waals surface area (Å²) in [5.41, 5.74) is 2.53. The van der Waals surface area contributed by atoms with Crippen LogP contribution in [-0.2, 0) is 13.1 Å². The first-order valence-electron chi connectivity index (χ1n) is 6.99. The van der Waals surface area contributed by atoms with Crippen LogP contribution in [0.1, 0.15) is 11.1 Å². The molecule has 0 amide bonds. The lowest BCUT2D eigenvalue weighted by molar-refractivity contribution is 0.451. The Kier molecular flexibility index (Phi) is 3.68. The third kappa shape index (κ3) is 2.82. The van der Waals surface area contributed by atoms with Gasteiger partial charge in [0.15, 0.2) is 5.96 Å². The van der Waals surface area contributed by atoms with Gasteiger partial charge in [-0.15, -0.1) is 0 Å². The molecule has 3 nitrogen and oxygen atoms in total. The van der Waals surface area contributed by atoms with Gasteiger partial charge in [0.1, 0.15) is 0 Å². The van der Waals surface area contributed by atoms with Gasteiger partial charge in [-0.1, -0.05) is 60.7 Å². The average Bonchev–Trinajstić information content (AvgIpc) is 2.83. The molecule has 102 valence electrons. The van der Waals surface area contributed by atoms with Crippen molar-refractivity contribution in [3.8, 4) is 0 Å². The van der Waals surface area contributed by atoms with E-state index in [-0.39, 0.29) is 0 Å². The van der Waals surface area contributed by atoms with Crippen LogP contribution in [0.4, 0.5) is 0 Å². The molecule has 1 fully saturated rings. The van der Waals surface area contributed by atoms with Crippen molar-refractivity contribution in [3.63, 3.8) is 0 Å². The Morgan fingerprint density at radius 2 is 1.10 bits per heavy atom. The third-order valence-electron chi connectivity index (χ3n) is 3.67. The van der Waals surface area contributed by atoms with Gasteiger partial charge >= 0.3 is 0 Å². The second kappa shape index (κ2) is 5.78. The zero-order valence-corrected chi connectivity index (χ0v) is 11.5. The molecule has 0 bridgehead atoms. The van der Waals surface area contributed by atoms with Crippen LogP contribution < -0.4 is 0 Å². The molecule has 1 saturated heterocycles. The summed E-state index contributed by atoms with van der Waals surface area (Å²) in [6, 6.07) is 20.7. The summed E-state index contributed by atoms with van der Waals surface area (Å²) >= 11 is 0. The molecule has 3 rings (SSSR count). The fourth-order valence-electron chi connectivity index (χ4n) is 2.57. The van der Waals surface area contributed by atoms with Crippen molar-refractivity contribution in [2.75, 3.05) is 13.1 Å². The minimum atomic E-state index is 0.637. The molecular weight excluding hydrogens is 246 g/mol. The minimum Gasteiger partial charge on any atom is -0.337 e. The van der Waals surface area contributed by atoms with E-state index in [1.54, 1.807) is 0 Å². The highest BCUT2D eigenvalue weighted by Gasteiger charge is 2.24. The van der Waals surface area contributed by atoms with Gasteiger partial charge in [-0.25, -0.2) is 0 Å². The van der Waals surface area contributed by atoms with E-state index in [4.69, 9.17) is 5.41 Å². The van der Waals surface area contributed by atoms with Crippen LogP contribution in [0.3, 0.4) is 0 Å². The van der Waals surface area contributed by atoms with Gasteiger partial charge in [0.05, 0.1) is 0 Å². The number of nitrogens with one attached hydrogen (secondary N) is 1. The molecule has 0 aromatic heterocycles. The topological polar surface area (TPSA) is 30.3 Å². The molecule has 1 N–H and O–H groups in total. The lowest BCUT2D eigenvalue weighted by Crippen LogP contribution is -2.31. The first-order chi connectivity index (χ1) is 9.83. The number of benzene rings is 2. The van der Waals surface area contributed by atoms with E-state index in [9.17, 15) is 0 Å². The molecule has 0 saturated carbocycles. The van der Waals surface area contributed by atoms with Crippen LogP contribution in [0.25, 0.3) is 0 Å². The molecule has 0 spiro atoms. The maximum Gasteiger partial charge on any atom is 0.194 e. The number of hydrogen-bond donors (Lipinski definition) is 1. The summed E-state index contributed by atoms with van der Waals surface area (Å²) in [5, 5.41) is 8.31. The molecule has 2 aromatic rings. The maximum atomic E-state index is 8.31. The van der Waals surface area contributed by atoms with E-state index in [1.807, 2.05) is 12.1 Å². The molecule has 1 aliphatic heterocycles. The second-order valence-electron chi connectivity index (χ2n) is 5.14. The Morgan fingerprint density at radius 1 is 0.700 bits per heavy atom. The van der Waals surface area contributed by atoms with Gasteiger partial charge in [0, 0.05) is 26.2 Å². The highest BCUT2D eigenvalue weighted by Crippen LogP contribution is 2.15. The molecule has 0 aliphatic carbocycles. The number of rotatable bonds is 4. The molecule has 1 aliphatic rings. The lowest BCUT2D eigenvalue weighted by atomic mass is 10.2. The van der Waals surface area contributed by atoms with Gasteiger partial charge in [-0.3, -0.25) is 5.41 Å². The molecule has 0 unspecified atom stereocenters. The van der Waals surface area contributed by atoms with Crippen molar-refractivity contribution in [2.24, 2.45) is 0 Å². The Balaban J connectivity index is 1.62. The van der Waals surface area contributed by atoms with Crippen LogP contribution in [0.5, 0.6) is 0 Å². The zero-order valence-electron chi connectivity index (χ0n) is 11.5. The number of guanidine groups is 1. The monoisotopic (exact) mass is 265 g/mol. The Bertz CT molecular complexity index is 514. The second-order valence-corrected chi connectivity index (χ2v) is 5.14. The van der Waals surface area contributed by atoms with E-state index in [0.29, 0.717) is 5.96 Å². The first-order valence-corrected chi connectivity index (χ1v) is 6.99. The summed E-state index contributed by atoms with van der Waals surface area (Å²) in [6.07, 6.45) is 0. The fourth-order valence-corrected chi connectivity index (χ4v) is 2.57. The van der Waals surface area contributed by atoms with E-state index in [0.717, 1.165) is 26.2 Å². The quantitative estimate of drug-likeness (QED) is 0.921. The Hall–Kier alpha value is -2.29. The molecule has 0 radical (unpaired) electrons. The average molecular weight is 265 g/mol. The van der Waals surface area contributed by atoms with Crippen molar-refractivity contribution in [3.05, 3.63) is 71.8 Å². The predicted molar refractivity (Wildman–Crippen MR) is 81.4 cm³/mol. The standard InChI is InChI=1S/C17H19N3/c18-17-19(13-15-7-3-1-4-8-15)11-12-20(17)14-16-9-5-2-6-10-16/h1-10,18H,11-14H2. The SMILES string of the molecule is N=C1N(Cc2ccccc2)CCN1Cc1ccccc1. The van der Waals surface area contributed by atoms with Crippen LogP contribution in [-0.4, -0.2) is 28.8 Å². The number of hydrogen-bond acceptors (Lipinski definition) is 1. The summed E-state index contributed by atoms with van der Waals surface area (Å²) in [4.78, 5) is 4.27. The summed E-state index contributed by atoms with van der Waals surface area (Å²) in [5.74, 6) is 0.637. The highest BCUT2D eigenvalue weighted by molar-refractivity contribution is 5.78. The van der Waals surface area contributed by atoms with Crippen molar-refractivity contribution in [2.45, 2.75) is 13.1 Å². The van der Waals surface area contributed by atoms with Crippen LogP contribution in [0, 0.1) is 5.41 Å². The smallest absolute Gasteiger partial charge is 0.194 e. The summed E-state index contributed by atoms with van der Waals surface area (Å²) in [6.45, 7) is 3.51. The Labute approximate surface area is 120 Å². The molecule has 0 atom stereocenters. The van der Waals surface area contributed by atoms with E-state index < -0.39 is 0 Å². The van der Waals surface area contributed by atoms with Crippen molar-refractivity contribution in [1.82, 2.24) is 9.80 Å². The van der Waals surface area contributed by atoms with Crippen molar-refractivity contribution < 1.29 is 0 Å². The van der Waals surface area contributed by atoms with Crippen molar-refractivity contribution >= 4 is 5.96 Å². The maximum absolute atomic E-state index is 8.31. The zero-order chi connectivity index (χ0) is 13.8. The first kappa shape index (κ1) is 12.7. The van der Waals surface area contributed by atoms with Gasteiger partial charge in [-0.05, 0) is 11.1 Å².